The van der Waals surface area contributed by atoms with Gasteiger partial charge in [0.05, 0.1) is 13.2 Å². The van der Waals surface area contributed by atoms with Gasteiger partial charge in [0.1, 0.15) is 5.75 Å². The Hall–Kier alpha value is -2.34. The molecule has 0 spiro atoms. The number of hydrogen-bond donors (Lipinski definition) is 0. The van der Waals surface area contributed by atoms with Crippen molar-refractivity contribution in [3.05, 3.63) is 35.9 Å². The number of ether oxygens (including phenoxy) is 1. The van der Waals surface area contributed by atoms with Crippen molar-refractivity contribution in [3.63, 3.8) is 0 Å². The van der Waals surface area contributed by atoms with E-state index in [1.54, 1.807) is 6.08 Å². The molecular weight excluding hydrogens is 342 g/mol. The molecule has 0 unspecified atom stereocenters. The molecule has 2 aliphatic rings. The lowest BCUT2D eigenvalue weighted by Crippen LogP contribution is -2.51. The lowest BCUT2D eigenvalue weighted by molar-refractivity contribution is -0.132. The van der Waals surface area contributed by atoms with E-state index in [2.05, 4.69) is 4.90 Å². The minimum Gasteiger partial charge on any atom is -0.493 e. The van der Waals surface area contributed by atoms with Crippen LogP contribution in [0.1, 0.15) is 25.3 Å². The van der Waals surface area contributed by atoms with Gasteiger partial charge in [-0.15, -0.1) is 0 Å². The molecule has 0 bridgehead atoms. The molecule has 6 heteroatoms. The number of likely N-dealkylation sites (tertiary alicyclic amines) is 1. The summed E-state index contributed by atoms with van der Waals surface area (Å²) in [5, 5.41) is 0. The monoisotopic (exact) mass is 371 g/mol. The van der Waals surface area contributed by atoms with Gasteiger partial charge in [-0.1, -0.05) is 18.2 Å². The fraction of sp³-hybridized carbons (Fsp3) is 0.524. The molecule has 0 atom stereocenters. The minimum atomic E-state index is 0.00632. The summed E-state index contributed by atoms with van der Waals surface area (Å²) in [4.78, 5) is 30.7. The number of nitrogens with zero attached hydrogens (tertiary/aromatic N) is 3. The molecule has 0 radical (unpaired) electrons. The van der Waals surface area contributed by atoms with Crippen molar-refractivity contribution < 1.29 is 14.3 Å². The van der Waals surface area contributed by atoms with Crippen LogP contribution in [0.5, 0.6) is 5.75 Å². The number of para-hydroxylation sites is 1. The van der Waals surface area contributed by atoms with Crippen LogP contribution >= 0.6 is 0 Å². The number of piperazine rings is 1. The van der Waals surface area contributed by atoms with Crippen LogP contribution in [0.15, 0.2) is 30.3 Å². The SMILES string of the molecule is CCOc1ccccc1/C=C/C(=O)N1CCN(CC(=O)N2CCCC2)CC1. The van der Waals surface area contributed by atoms with Crippen molar-refractivity contribution in [2.45, 2.75) is 19.8 Å². The summed E-state index contributed by atoms with van der Waals surface area (Å²) in [6, 6.07) is 7.70. The van der Waals surface area contributed by atoms with E-state index in [9.17, 15) is 9.59 Å². The Kier molecular flexibility index (Phi) is 6.87. The molecule has 0 aliphatic carbocycles. The van der Waals surface area contributed by atoms with Gasteiger partial charge < -0.3 is 14.5 Å². The Balaban J connectivity index is 1.47. The van der Waals surface area contributed by atoms with Gasteiger partial charge in [0.25, 0.3) is 0 Å². The molecule has 146 valence electrons. The Morgan fingerprint density at radius 3 is 2.41 bits per heavy atom. The predicted molar refractivity (Wildman–Crippen MR) is 105 cm³/mol. The number of rotatable bonds is 6. The lowest BCUT2D eigenvalue weighted by Gasteiger charge is -2.34. The third-order valence-electron chi connectivity index (χ3n) is 5.13. The molecular formula is C21H29N3O3. The van der Waals surface area contributed by atoms with E-state index in [0.29, 0.717) is 26.2 Å². The largest absolute Gasteiger partial charge is 0.493 e. The molecule has 2 aliphatic heterocycles. The second kappa shape index (κ2) is 9.55. The van der Waals surface area contributed by atoms with E-state index < -0.39 is 0 Å². The first-order chi connectivity index (χ1) is 13.2. The lowest BCUT2D eigenvalue weighted by atomic mass is 10.2. The molecule has 1 aromatic carbocycles. The fourth-order valence-electron chi connectivity index (χ4n) is 3.56. The first kappa shape index (κ1) is 19.4. The maximum Gasteiger partial charge on any atom is 0.246 e. The average Bonchev–Trinajstić information content (AvgIpc) is 3.23. The molecule has 2 saturated heterocycles. The average molecular weight is 371 g/mol. The summed E-state index contributed by atoms with van der Waals surface area (Å²) in [5.41, 5.74) is 0.905. The van der Waals surface area contributed by atoms with Crippen LogP contribution < -0.4 is 4.74 Å². The highest BCUT2D eigenvalue weighted by Gasteiger charge is 2.24. The van der Waals surface area contributed by atoms with Gasteiger partial charge in [-0.3, -0.25) is 14.5 Å². The standard InChI is InChI=1S/C21H29N3O3/c1-2-27-19-8-4-3-7-18(19)9-10-20(25)24-15-13-22(14-16-24)17-21(26)23-11-5-6-12-23/h3-4,7-10H,2,5-6,11-17H2,1H3/b10-9+. The maximum atomic E-state index is 12.5. The molecule has 3 rings (SSSR count). The van der Waals surface area contributed by atoms with Crippen LogP contribution in [0.25, 0.3) is 6.08 Å². The Morgan fingerprint density at radius 2 is 1.70 bits per heavy atom. The number of carbonyl (C=O) groups is 2. The first-order valence-electron chi connectivity index (χ1n) is 9.86. The van der Waals surface area contributed by atoms with Crippen LogP contribution in [0, 0.1) is 0 Å². The quantitative estimate of drug-likeness (QED) is 0.717. The highest BCUT2D eigenvalue weighted by atomic mass is 16.5. The van der Waals surface area contributed by atoms with Gasteiger partial charge in [-0.2, -0.15) is 0 Å². The molecule has 6 nitrogen and oxygen atoms in total. The van der Waals surface area contributed by atoms with Crippen molar-refractivity contribution in [1.82, 2.24) is 14.7 Å². The summed E-state index contributed by atoms with van der Waals surface area (Å²) >= 11 is 0. The minimum absolute atomic E-state index is 0.00632. The zero-order valence-electron chi connectivity index (χ0n) is 16.1. The second-order valence-corrected chi connectivity index (χ2v) is 6.99. The van der Waals surface area contributed by atoms with E-state index in [1.165, 1.54) is 0 Å². The highest BCUT2D eigenvalue weighted by Crippen LogP contribution is 2.19. The predicted octanol–water partition coefficient (Wildman–Crippen LogP) is 1.87. The van der Waals surface area contributed by atoms with Gasteiger partial charge in [-0.05, 0) is 31.9 Å². The first-order valence-corrected chi connectivity index (χ1v) is 9.86. The summed E-state index contributed by atoms with van der Waals surface area (Å²) in [6.45, 7) is 7.60. The molecule has 0 saturated carbocycles. The Bertz CT molecular complexity index is 675. The van der Waals surface area contributed by atoms with Crippen LogP contribution in [0.4, 0.5) is 0 Å². The molecule has 2 fully saturated rings. The second-order valence-electron chi connectivity index (χ2n) is 6.99. The molecule has 27 heavy (non-hydrogen) atoms. The number of carbonyl (C=O) groups excluding carboxylic acids is 2. The Morgan fingerprint density at radius 1 is 1.00 bits per heavy atom. The maximum absolute atomic E-state index is 12.5. The zero-order chi connectivity index (χ0) is 19.1. The van der Waals surface area contributed by atoms with E-state index in [-0.39, 0.29) is 11.8 Å². The third-order valence-corrected chi connectivity index (χ3v) is 5.13. The van der Waals surface area contributed by atoms with Crippen LogP contribution in [-0.2, 0) is 9.59 Å². The molecule has 2 heterocycles. The van der Waals surface area contributed by atoms with Gasteiger partial charge in [0, 0.05) is 50.9 Å². The van der Waals surface area contributed by atoms with Gasteiger partial charge in [-0.25, -0.2) is 0 Å². The Labute approximate surface area is 161 Å². The topological polar surface area (TPSA) is 53.1 Å². The number of hydrogen-bond acceptors (Lipinski definition) is 4. The van der Waals surface area contributed by atoms with Gasteiger partial charge >= 0.3 is 0 Å². The normalized spacial score (nSPS) is 18.3. The van der Waals surface area contributed by atoms with Gasteiger partial charge in [0.15, 0.2) is 0 Å². The van der Waals surface area contributed by atoms with Crippen molar-refractivity contribution in [2.24, 2.45) is 0 Å². The van der Waals surface area contributed by atoms with E-state index >= 15 is 0 Å². The zero-order valence-corrected chi connectivity index (χ0v) is 16.1. The van der Waals surface area contributed by atoms with E-state index in [4.69, 9.17) is 4.74 Å². The van der Waals surface area contributed by atoms with Crippen molar-refractivity contribution in [2.75, 3.05) is 52.4 Å². The summed E-state index contributed by atoms with van der Waals surface area (Å²) in [5.74, 6) is 1.01. The van der Waals surface area contributed by atoms with Crippen LogP contribution in [-0.4, -0.2) is 78.9 Å². The summed E-state index contributed by atoms with van der Waals surface area (Å²) in [6.07, 6.45) is 5.67. The fourth-order valence-corrected chi connectivity index (χ4v) is 3.56. The van der Waals surface area contributed by atoms with Crippen molar-refractivity contribution in [1.29, 1.82) is 0 Å². The molecule has 0 N–H and O–H groups in total. The van der Waals surface area contributed by atoms with Crippen LogP contribution in [0.2, 0.25) is 0 Å². The van der Waals surface area contributed by atoms with Crippen molar-refractivity contribution >= 4 is 17.9 Å². The summed E-state index contributed by atoms with van der Waals surface area (Å²) < 4.78 is 5.59. The van der Waals surface area contributed by atoms with E-state index in [1.807, 2.05) is 47.1 Å². The molecule has 0 aromatic heterocycles. The number of amides is 2. The molecule has 1 aromatic rings. The van der Waals surface area contributed by atoms with Crippen LogP contribution in [0.3, 0.4) is 0 Å². The van der Waals surface area contributed by atoms with Gasteiger partial charge in [0.2, 0.25) is 11.8 Å². The van der Waals surface area contributed by atoms with Crippen molar-refractivity contribution in [3.8, 4) is 5.75 Å². The third kappa shape index (κ3) is 5.32. The van der Waals surface area contributed by atoms with E-state index in [0.717, 1.165) is 50.3 Å². The number of benzene rings is 1. The highest BCUT2D eigenvalue weighted by molar-refractivity contribution is 5.92. The summed E-state index contributed by atoms with van der Waals surface area (Å²) in [7, 11) is 0. The molecule has 2 amide bonds. The smallest absolute Gasteiger partial charge is 0.246 e.